The Balaban J connectivity index is 2.72. The summed E-state index contributed by atoms with van der Waals surface area (Å²) in [5.74, 6) is -0.492. The minimum Gasteiger partial charge on any atom is -0.465 e. The third-order valence-corrected chi connectivity index (χ3v) is 2.15. The molecular formula is C9H6ClNO3. The molecule has 0 bridgehead atoms. The van der Waals surface area contributed by atoms with Crippen LogP contribution in [0.2, 0.25) is 5.15 Å². The first-order valence-corrected chi connectivity index (χ1v) is 4.22. The first-order chi connectivity index (χ1) is 6.74. The number of fused-ring (bicyclic) bond motifs is 1. The molecule has 2 aromatic heterocycles. The average Bonchev–Trinajstić information content (AvgIpc) is 2.67. The second kappa shape index (κ2) is 3.31. The van der Waals surface area contributed by atoms with Crippen molar-refractivity contribution in [2.45, 2.75) is 0 Å². The molecule has 0 saturated carbocycles. The Hall–Kier alpha value is -1.55. The molecule has 0 radical (unpaired) electrons. The standard InChI is InChI=1S/C9H6ClNO3/c1-13-9(12)6-4-11-8(10)5-2-3-14-7(5)6/h2-4H,1H3. The normalized spacial score (nSPS) is 10.4. The summed E-state index contributed by atoms with van der Waals surface area (Å²) in [6.45, 7) is 0. The van der Waals surface area contributed by atoms with E-state index < -0.39 is 5.97 Å². The van der Waals surface area contributed by atoms with Crippen LogP contribution in [0.25, 0.3) is 11.0 Å². The maximum absolute atomic E-state index is 11.3. The molecule has 72 valence electrons. The minimum absolute atomic E-state index is 0.275. The molecule has 0 aliphatic rings. The molecule has 2 aromatic rings. The van der Waals surface area contributed by atoms with Gasteiger partial charge >= 0.3 is 5.97 Å². The van der Waals surface area contributed by atoms with Gasteiger partial charge in [0.15, 0.2) is 5.58 Å². The average molecular weight is 212 g/mol. The number of halogens is 1. The predicted octanol–water partition coefficient (Wildman–Crippen LogP) is 2.27. The van der Waals surface area contributed by atoms with E-state index in [0.29, 0.717) is 16.1 Å². The van der Waals surface area contributed by atoms with E-state index in [4.69, 9.17) is 16.0 Å². The Labute approximate surface area is 84.4 Å². The summed E-state index contributed by atoms with van der Waals surface area (Å²) in [7, 11) is 1.30. The van der Waals surface area contributed by atoms with E-state index in [0.717, 1.165) is 0 Å². The number of rotatable bonds is 1. The highest BCUT2D eigenvalue weighted by atomic mass is 35.5. The molecule has 14 heavy (non-hydrogen) atoms. The van der Waals surface area contributed by atoms with Crippen molar-refractivity contribution >= 4 is 28.5 Å². The largest absolute Gasteiger partial charge is 0.465 e. The summed E-state index contributed by atoms with van der Waals surface area (Å²) in [5.41, 5.74) is 0.675. The summed E-state index contributed by atoms with van der Waals surface area (Å²) < 4.78 is 9.70. The summed E-state index contributed by atoms with van der Waals surface area (Å²) in [6, 6.07) is 1.65. The van der Waals surface area contributed by atoms with Crippen molar-refractivity contribution in [1.82, 2.24) is 4.98 Å². The van der Waals surface area contributed by atoms with Gasteiger partial charge in [-0.1, -0.05) is 11.6 Å². The summed E-state index contributed by atoms with van der Waals surface area (Å²) in [4.78, 5) is 15.1. The van der Waals surface area contributed by atoms with Crippen molar-refractivity contribution in [2.75, 3.05) is 7.11 Å². The van der Waals surface area contributed by atoms with Crippen LogP contribution in [0.3, 0.4) is 0 Å². The van der Waals surface area contributed by atoms with Crippen LogP contribution in [-0.4, -0.2) is 18.1 Å². The van der Waals surface area contributed by atoms with Crippen molar-refractivity contribution in [3.05, 3.63) is 29.2 Å². The summed E-state index contributed by atoms with van der Waals surface area (Å²) in [5, 5.41) is 0.913. The van der Waals surface area contributed by atoms with Crippen LogP contribution >= 0.6 is 11.6 Å². The maximum atomic E-state index is 11.3. The first kappa shape index (κ1) is 9.02. The number of esters is 1. The van der Waals surface area contributed by atoms with Crippen molar-refractivity contribution in [3.8, 4) is 0 Å². The van der Waals surface area contributed by atoms with Crippen LogP contribution < -0.4 is 0 Å². The molecule has 0 amide bonds. The Kier molecular flexibility index (Phi) is 2.13. The zero-order chi connectivity index (χ0) is 10.1. The molecule has 0 saturated heterocycles. The molecule has 0 aliphatic heterocycles. The highest BCUT2D eigenvalue weighted by Gasteiger charge is 2.15. The van der Waals surface area contributed by atoms with E-state index in [1.165, 1.54) is 19.6 Å². The lowest BCUT2D eigenvalue weighted by atomic mass is 10.2. The molecule has 5 heteroatoms. The number of ether oxygens (including phenoxy) is 1. The van der Waals surface area contributed by atoms with Gasteiger partial charge in [-0.3, -0.25) is 0 Å². The fraction of sp³-hybridized carbons (Fsp3) is 0.111. The van der Waals surface area contributed by atoms with Gasteiger partial charge in [-0.15, -0.1) is 0 Å². The van der Waals surface area contributed by atoms with Crippen LogP contribution in [0.1, 0.15) is 10.4 Å². The molecule has 0 aliphatic carbocycles. The van der Waals surface area contributed by atoms with Gasteiger partial charge in [-0.25, -0.2) is 9.78 Å². The number of methoxy groups -OCH3 is 1. The SMILES string of the molecule is COC(=O)c1cnc(Cl)c2ccoc12. The zero-order valence-electron chi connectivity index (χ0n) is 7.28. The Morgan fingerprint density at radius 2 is 2.43 bits per heavy atom. The molecule has 2 rings (SSSR count). The lowest BCUT2D eigenvalue weighted by Crippen LogP contribution is -2.02. The number of pyridine rings is 1. The van der Waals surface area contributed by atoms with E-state index in [-0.39, 0.29) is 5.56 Å². The van der Waals surface area contributed by atoms with E-state index in [1.54, 1.807) is 6.07 Å². The van der Waals surface area contributed by atoms with Crippen LogP contribution in [0.4, 0.5) is 0 Å². The molecule has 0 atom stereocenters. The third kappa shape index (κ3) is 1.24. The number of furan rings is 1. The van der Waals surface area contributed by atoms with Crippen molar-refractivity contribution < 1.29 is 13.9 Å². The summed E-state index contributed by atoms with van der Waals surface area (Å²) in [6.07, 6.45) is 2.78. The van der Waals surface area contributed by atoms with Gasteiger partial charge in [0.1, 0.15) is 10.7 Å². The Morgan fingerprint density at radius 1 is 1.64 bits per heavy atom. The van der Waals surface area contributed by atoms with Gasteiger partial charge in [0, 0.05) is 6.20 Å². The van der Waals surface area contributed by atoms with Gasteiger partial charge in [-0.2, -0.15) is 0 Å². The Morgan fingerprint density at radius 3 is 3.14 bits per heavy atom. The fourth-order valence-corrected chi connectivity index (χ4v) is 1.38. The number of nitrogens with zero attached hydrogens (tertiary/aromatic N) is 1. The van der Waals surface area contributed by atoms with Crippen molar-refractivity contribution in [1.29, 1.82) is 0 Å². The molecular weight excluding hydrogens is 206 g/mol. The molecule has 2 heterocycles. The number of aromatic nitrogens is 1. The van der Waals surface area contributed by atoms with Crippen molar-refractivity contribution in [2.24, 2.45) is 0 Å². The van der Waals surface area contributed by atoms with Gasteiger partial charge in [0.2, 0.25) is 0 Å². The topological polar surface area (TPSA) is 52.3 Å². The van der Waals surface area contributed by atoms with E-state index in [1.807, 2.05) is 0 Å². The van der Waals surface area contributed by atoms with E-state index >= 15 is 0 Å². The zero-order valence-corrected chi connectivity index (χ0v) is 8.04. The smallest absolute Gasteiger partial charge is 0.343 e. The van der Waals surface area contributed by atoms with E-state index in [9.17, 15) is 4.79 Å². The lowest BCUT2D eigenvalue weighted by Gasteiger charge is -1.99. The van der Waals surface area contributed by atoms with Crippen molar-refractivity contribution in [3.63, 3.8) is 0 Å². The molecule has 0 N–H and O–H groups in total. The number of hydrogen-bond donors (Lipinski definition) is 0. The van der Waals surface area contributed by atoms with Gasteiger partial charge in [0.25, 0.3) is 0 Å². The van der Waals surface area contributed by atoms with E-state index in [2.05, 4.69) is 9.72 Å². The van der Waals surface area contributed by atoms with Gasteiger partial charge in [0.05, 0.1) is 18.8 Å². The Bertz CT molecular complexity index is 492. The molecule has 4 nitrogen and oxygen atoms in total. The second-order valence-electron chi connectivity index (χ2n) is 2.62. The minimum atomic E-state index is -0.492. The van der Waals surface area contributed by atoms with Crippen LogP contribution in [0.5, 0.6) is 0 Å². The van der Waals surface area contributed by atoms with Crippen LogP contribution in [0, 0.1) is 0 Å². The third-order valence-electron chi connectivity index (χ3n) is 1.84. The fourth-order valence-electron chi connectivity index (χ4n) is 1.19. The number of carbonyl (C=O) groups is 1. The summed E-state index contributed by atoms with van der Waals surface area (Å²) >= 11 is 5.80. The quantitative estimate of drug-likeness (QED) is 0.536. The second-order valence-corrected chi connectivity index (χ2v) is 2.98. The highest BCUT2D eigenvalue weighted by molar-refractivity contribution is 6.34. The molecule has 0 aromatic carbocycles. The monoisotopic (exact) mass is 211 g/mol. The molecule has 0 spiro atoms. The molecule has 0 fully saturated rings. The number of hydrogen-bond acceptors (Lipinski definition) is 4. The van der Waals surface area contributed by atoms with Gasteiger partial charge in [-0.05, 0) is 6.07 Å². The number of carbonyl (C=O) groups excluding carboxylic acids is 1. The molecule has 0 unspecified atom stereocenters. The van der Waals surface area contributed by atoms with Gasteiger partial charge < -0.3 is 9.15 Å². The highest BCUT2D eigenvalue weighted by Crippen LogP contribution is 2.25. The first-order valence-electron chi connectivity index (χ1n) is 3.84. The predicted molar refractivity (Wildman–Crippen MR) is 50.4 cm³/mol. The maximum Gasteiger partial charge on any atom is 0.343 e. The van der Waals surface area contributed by atoms with Crippen LogP contribution in [-0.2, 0) is 4.74 Å². The lowest BCUT2D eigenvalue weighted by molar-refractivity contribution is 0.0601. The van der Waals surface area contributed by atoms with Crippen LogP contribution in [0.15, 0.2) is 22.9 Å².